The van der Waals surface area contributed by atoms with E-state index in [9.17, 15) is 0 Å². The lowest BCUT2D eigenvalue weighted by Gasteiger charge is -2.26. The second-order valence-electron chi connectivity index (χ2n) is 6.10. The van der Waals surface area contributed by atoms with Gasteiger partial charge in [0.05, 0.1) is 0 Å². The van der Waals surface area contributed by atoms with E-state index in [-0.39, 0.29) is 0 Å². The molecule has 0 aromatic carbocycles. The van der Waals surface area contributed by atoms with Crippen LogP contribution in [0.1, 0.15) is 52.4 Å². The molecule has 0 aliphatic heterocycles. The third kappa shape index (κ3) is 3.79. The van der Waals surface area contributed by atoms with Crippen LogP contribution in [-0.4, -0.2) is 13.1 Å². The largest absolute Gasteiger partial charge is 0.316 e. The zero-order chi connectivity index (χ0) is 10.7. The summed E-state index contributed by atoms with van der Waals surface area (Å²) in [6, 6.07) is 0. The predicted octanol–water partition coefficient (Wildman–Crippen LogP) is 3.45. The molecular weight excluding hydrogens is 182 g/mol. The molecular formula is C14H27N. The third-order valence-electron chi connectivity index (χ3n) is 4.46. The predicted molar refractivity (Wildman–Crippen MR) is 65.9 cm³/mol. The highest BCUT2D eigenvalue weighted by molar-refractivity contribution is 4.80. The van der Waals surface area contributed by atoms with Gasteiger partial charge in [0.2, 0.25) is 0 Å². The maximum absolute atomic E-state index is 3.69. The Balaban J connectivity index is 1.53. The molecule has 0 radical (unpaired) electrons. The first-order valence-electron chi connectivity index (χ1n) is 6.96. The molecule has 1 atom stereocenters. The molecule has 2 saturated carbocycles. The van der Waals surface area contributed by atoms with Crippen molar-refractivity contribution in [3.8, 4) is 0 Å². The zero-order valence-electron chi connectivity index (χ0n) is 10.5. The summed E-state index contributed by atoms with van der Waals surface area (Å²) in [6.45, 7) is 7.35. The minimum absolute atomic E-state index is 0.924. The Labute approximate surface area is 95.0 Å². The fourth-order valence-electron chi connectivity index (χ4n) is 2.88. The van der Waals surface area contributed by atoms with E-state index >= 15 is 0 Å². The minimum atomic E-state index is 0.924. The van der Waals surface area contributed by atoms with E-state index in [1.807, 2.05) is 0 Å². The van der Waals surface area contributed by atoms with Crippen molar-refractivity contribution in [1.82, 2.24) is 5.32 Å². The zero-order valence-corrected chi connectivity index (χ0v) is 10.5. The molecule has 1 heteroatoms. The smallest absolute Gasteiger partial charge is 0.00204 e. The van der Waals surface area contributed by atoms with E-state index in [1.165, 1.54) is 51.6 Å². The van der Waals surface area contributed by atoms with Crippen LogP contribution in [0.2, 0.25) is 0 Å². The molecule has 0 saturated heterocycles. The number of nitrogens with one attached hydrogen (secondary N) is 1. The maximum Gasteiger partial charge on any atom is -0.00204 e. The van der Waals surface area contributed by atoms with Crippen molar-refractivity contribution in [2.75, 3.05) is 13.1 Å². The summed E-state index contributed by atoms with van der Waals surface area (Å²) in [6.07, 6.45) is 8.83. The quantitative estimate of drug-likeness (QED) is 0.731. The Morgan fingerprint density at radius 3 is 2.33 bits per heavy atom. The normalized spacial score (nSPS) is 34.0. The van der Waals surface area contributed by atoms with Crippen LogP contribution in [0.25, 0.3) is 0 Å². The van der Waals surface area contributed by atoms with Gasteiger partial charge in [0.15, 0.2) is 0 Å². The summed E-state index contributed by atoms with van der Waals surface area (Å²) < 4.78 is 0. The monoisotopic (exact) mass is 209 g/mol. The SMILES string of the molecule is CC1CCC(CNCC(C)C2CC2)CC1. The summed E-state index contributed by atoms with van der Waals surface area (Å²) in [5.74, 6) is 3.95. The van der Waals surface area contributed by atoms with Gasteiger partial charge in [-0.1, -0.05) is 26.7 Å². The van der Waals surface area contributed by atoms with Crippen molar-refractivity contribution in [3.63, 3.8) is 0 Å². The lowest BCUT2D eigenvalue weighted by atomic mass is 9.83. The van der Waals surface area contributed by atoms with Crippen LogP contribution in [-0.2, 0) is 0 Å². The molecule has 1 N–H and O–H groups in total. The summed E-state index contributed by atoms with van der Waals surface area (Å²) in [5, 5.41) is 3.69. The standard InChI is InChI=1S/C14H27N/c1-11-3-5-13(6-4-11)10-15-9-12(2)14-7-8-14/h11-15H,3-10H2,1-2H3. The minimum Gasteiger partial charge on any atom is -0.316 e. The lowest BCUT2D eigenvalue weighted by Crippen LogP contribution is -2.29. The Bertz CT molecular complexity index is 178. The summed E-state index contributed by atoms with van der Waals surface area (Å²) in [5.41, 5.74) is 0. The molecule has 0 aromatic rings. The average molecular weight is 209 g/mol. The summed E-state index contributed by atoms with van der Waals surface area (Å²) >= 11 is 0. The Kier molecular flexibility index (Phi) is 4.07. The van der Waals surface area contributed by atoms with Gasteiger partial charge in [0.25, 0.3) is 0 Å². The van der Waals surface area contributed by atoms with Gasteiger partial charge in [-0.15, -0.1) is 0 Å². The van der Waals surface area contributed by atoms with Crippen molar-refractivity contribution in [3.05, 3.63) is 0 Å². The molecule has 0 spiro atoms. The van der Waals surface area contributed by atoms with Gasteiger partial charge in [-0.3, -0.25) is 0 Å². The van der Waals surface area contributed by atoms with Gasteiger partial charge in [0, 0.05) is 0 Å². The number of hydrogen-bond acceptors (Lipinski definition) is 1. The molecule has 88 valence electrons. The Hall–Kier alpha value is -0.0400. The highest BCUT2D eigenvalue weighted by Gasteiger charge is 2.27. The second-order valence-corrected chi connectivity index (χ2v) is 6.10. The van der Waals surface area contributed by atoms with Gasteiger partial charge in [-0.2, -0.15) is 0 Å². The van der Waals surface area contributed by atoms with Gasteiger partial charge in [-0.05, 0) is 62.4 Å². The van der Waals surface area contributed by atoms with Crippen molar-refractivity contribution in [2.45, 2.75) is 52.4 Å². The Morgan fingerprint density at radius 2 is 1.73 bits per heavy atom. The molecule has 1 unspecified atom stereocenters. The fraction of sp³-hybridized carbons (Fsp3) is 1.00. The van der Waals surface area contributed by atoms with Crippen LogP contribution in [0.5, 0.6) is 0 Å². The topological polar surface area (TPSA) is 12.0 Å². The highest BCUT2D eigenvalue weighted by atomic mass is 14.9. The Morgan fingerprint density at radius 1 is 1.07 bits per heavy atom. The first-order chi connectivity index (χ1) is 7.25. The third-order valence-corrected chi connectivity index (χ3v) is 4.46. The van der Waals surface area contributed by atoms with Gasteiger partial charge in [0.1, 0.15) is 0 Å². The van der Waals surface area contributed by atoms with Gasteiger partial charge in [-0.25, -0.2) is 0 Å². The van der Waals surface area contributed by atoms with Crippen molar-refractivity contribution >= 4 is 0 Å². The van der Waals surface area contributed by atoms with Crippen LogP contribution in [0, 0.1) is 23.7 Å². The fourth-order valence-corrected chi connectivity index (χ4v) is 2.88. The first kappa shape index (κ1) is 11.4. The molecule has 15 heavy (non-hydrogen) atoms. The van der Waals surface area contributed by atoms with Gasteiger partial charge >= 0.3 is 0 Å². The van der Waals surface area contributed by atoms with E-state index in [1.54, 1.807) is 0 Å². The lowest BCUT2D eigenvalue weighted by molar-refractivity contribution is 0.277. The van der Waals surface area contributed by atoms with Crippen molar-refractivity contribution in [1.29, 1.82) is 0 Å². The van der Waals surface area contributed by atoms with E-state index in [4.69, 9.17) is 0 Å². The van der Waals surface area contributed by atoms with E-state index < -0.39 is 0 Å². The highest BCUT2D eigenvalue weighted by Crippen LogP contribution is 2.36. The molecule has 0 amide bonds. The first-order valence-corrected chi connectivity index (χ1v) is 6.96. The van der Waals surface area contributed by atoms with Crippen LogP contribution < -0.4 is 5.32 Å². The van der Waals surface area contributed by atoms with E-state index in [0.717, 1.165) is 23.7 Å². The number of rotatable bonds is 5. The van der Waals surface area contributed by atoms with Crippen molar-refractivity contribution < 1.29 is 0 Å². The molecule has 2 aliphatic carbocycles. The maximum atomic E-state index is 3.69. The molecule has 0 aromatic heterocycles. The van der Waals surface area contributed by atoms with Gasteiger partial charge < -0.3 is 5.32 Å². The van der Waals surface area contributed by atoms with Crippen LogP contribution in [0.15, 0.2) is 0 Å². The summed E-state index contributed by atoms with van der Waals surface area (Å²) in [4.78, 5) is 0. The molecule has 1 nitrogen and oxygen atoms in total. The molecule has 2 aliphatic rings. The molecule has 2 fully saturated rings. The molecule has 0 bridgehead atoms. The molecule has 2 rings (SSSR count). The molecule has 0 heterocycles. The van der Waals surface area contributed by atoms with E-state index in [2.05, 4.69) is 19.2 Å². The number of hydrogen-bond donors (Lipinski definition) is 1. The van der Waals surface area contributed by atoms with Crippen LogP contribution >= 0.6 is 0 Å². The van der Waals surface area contributed by atoms with Crippen LogP contribution in [0.3, 0.4) is 0 Å². The van der Waals surface area contributed by atoms with Crippen molar-refractivity contribution in [2.24, 2.45) is 23.7 Å². The average Bonchev–Trinajstić information content (AvgIpc) is 3.04. The summed E-state index contributed by atoms with van der Waals surface area (Å²) in [7, 11) is 0. The van der Waals surface area contributed by atoms with Crippen LogP contribution in [0.4, 0.5) is 0 Å². The second kappa shape index (κ2) is 5.34. The van der Waals surface area contributed by atoms with E-state index in [0.29, 0.717) is 0 Å².